The van der Waals surface area contributed by atoms with Crippen LogP contribution in [0.25, 0.3) is 11.0 Å². The number of benzene rings is 1. The van der Waals surface area contributed by atoms with E-state index in [1.165, 1.54) is 0 Å². The zero-order valence-corrected chi connectivity index (χ0v) is 10.9. The van der Waals surface area contributed by atoms with Gasteiger partial charge in [0.15, 0.2) is 0 Å². The number of nitrogens with zero attached hydrogens (tertiary/aromatic N) is 3. The van der Waals surface area contributed by atoms with Gasteiger partial charge in [0.05, 0.1) is 5.52 Å². The fourth-order valence-corrected chi connectivity index (χ4v) is 1.81. The number of rotatable bonds is 5. The molecule has 2 aromatic rings. The van der Waals surface area contributed by atoms with Crippen molar-refractivity contribution >= 4 is 28.7 Å². The Balaban J connectivity index is 1.99. The molecule has 5 heteroatoms. The van der Waals surface area contributed by atoms with Crippen LogP contribution in [0, 0.1) is 0 Å². The molecule has 0 radical (unpaired) electrons. The van der Waals surface area contributed by atoms with Gasteiger partial charge in [-0.15, -0.1) is 10.2 Å². The highest BCUT2D eigenvalue weighted by Crippen LogP contribution is 2.11. The Morgan fingerprint density at radius 2 is 2.00 bits per heavy atom. The predicted molar refractivity (Wildman–Crippen MR) is 73.4 cm³/mol. The second-order valence-electron chi connectivity index (χ2n) is 3.89. The first-order chi connectivity index (χ1) is 8.29. The number of para-hydroxylation sites is 1. The minimum atomic E-state index is 0.608. The lowest BCUT2D eigenvalue weighted by Gasteiger charge is -2.08. The summed E-state index contributed by atoms with van der Waals surface area (Å²) in [5.41, 5.74) is 1.71. The van der Waals surface area contributed by atoms with Crippen LogP contribution < -0.4 is 5.32 Å². The maximum atomic E-state index is 4.41. The standard InChI is InChI=1S/C12H16N4S/c1-9(17-2)7-8-13-12-14-10-5-3-4-6-11(10)15-16-12/h3-6,9H,7-8H2,1-2H3,(H,13,14,16). The average molecular weight is 248 g/mol. The Morgan fingerprint density at radius 1 is 1.24 bits per heavy atom. The molecule has 2 rings (SSSR count). The molecule has 0 saturated heterocycles. The molecular weight excluding hydrogens is 232 g/mol. The van der Waals surface area contributed by atoms with Crippen molar-refractivity contribution < 1.29 is 0 Å². The molecule has 0 amide bonds. The van der Waals surface area contributed by atoms with Crippen LogP contribution in [0.1, 0.15) is 13.3 Å². The van der Waals surface area contributed by atoms with Gasteiger partial charge in [-0.2, -0.15) is 11.8 Å². The quantitative estimate of drug-likeness (QED) is 0.881. The molecule has 0 fully saturated rings. The van der Waals surface area contributed by atoms with Gasteiger partial charge in [0, 0.05) is 11.8 Å². The lowest BCUT2D eigenvalue weighted by atomic mass is 10.3. The number of thioether (sulfide) groups is 1. The minimum Gasteiger partial charge on any atom is -0.353 e. The van der Waals surface area contributed by atoms with E-state index in [2.05, 4.69) is 33.7 Å². The highest BCUT2D eigenvalue weighted by atomic mass is 32.2. The van der Waals surface area contributed by atoms with Crippen LogP contribution in [0.5, 0.6) is 0 Å². The van der Waals surface area contributed by atoms with Gasteiger partial charge in [0.2, 0.25) is 5.95 Å². The number of hydrogen-bond donors (Lipinski definition) is 1. The summed E-state index contributed by atoms with van der Waals surface area (Å²) >= 11 is 1.87. The van der Waals surface area contributed by atoms with Crippen molar-refractivity contribution in [2.24, 2.45) is 0 Å². The van der Waals surface area contributed by atoms with Crippen molar-refractivity contribution in [2.45, 2.75) is 18.6 Å². The summed E-state index contributed by atoms with van der Waals surface area (Å²) in [5, 5.41) is 12.0. The second kappa shape index (κ2) is 5.82. The van der Waals surface area contributed by atoms with Crippen LogP contribution in [0.2, 0.25) is 0 Å². The molecule has 0 saturated carbocycles. The zero-order chi connectivity index (χ0) is 12.1. The van der Waals surface area contributed by atoms with Crippen LogP contribution in [-0.4, -0.2) is 33.2 Å². The fraction of sp³-hybridized carbons (Fsp3) is 0.417. The number of fused-ring (bicyclic) bond motifs is 1. The van der Waals surface area contributed by atoms with Crippen LogP contribution in [0.3, 0.4) is 0 Å². The molecule has 1 N–H and O–H groups in total. The van der Waals surface area contributed by atoms with Crippen LogP contribution in [0.15, 0.2) is 24.3 Å². The van der Waals surface area contributed by atoms with Gasteiger partial charge < -0.3 is 5.32 Å². The van der Waals surface area contributed by atoms with Gasteiger partial charge in [-0.05, 0) is 24.8 Å². The van der Waals surface area contributed by atoms with Gasteiger partial charge in [-0.3, -0.25) is 0 Å². The fourth-order valence-electron chi connectivity index (χ4n) is 1.46. The first-order valence-corrected chi connectivity index (χ1v) is 6.94. The molecule has 4 nitrogen and oxygen atoms in total. The Kier molecular flexibility index (Phi) is 4.14. The molecule has 0 aliphatic rings. The van der Waals surface area contributed by atoms with Gasteiger partial charge in [0.1, 0.15) is 5.52 Å². The molecule has 0 spiro atoms. The van der Waals surface area contributed by atoms with Crippen LogP contribution in [0.4, 0.5) is 5.95 Å². The Labute approximate surface area is 105 Å². The maximum absolute atomic E-state index is 4.41. The summed E-state index contributed by atoms with van der Waals surface area (Å²) in [6.45, 7) is 3.09. The first kappa shape index (κ1) is 12.1. The van der Waals surface area contributed by atoms with Gasteiger partial charge in [0.25, 0.3) is 0 Å². The van der Waals surface area contributed by atoms with Crippen molar-refractivity contribution in [3.8, 4) is 0 Å². The Morgan fingerprint density at radius 3 is 2.76 bits per heavy atom. The van der Waals surface area contributed by atoms with E-state index >= 15 is 0 Å². The van der Waals surface area contributed by atoms with Crippen molar-refractivity contribution in [1.82, 2.24) is 15.2 Å². The largest absolute Gasteiger partial charge is 0.353 e. The third-order valence-corrected chi connectivity index (χ3v) is 3.64. The smallest absolute Gasteiger partial charge is 0.243 e. The lowest BCUT2D eigenvalue weighted by molar-refractivity contribution is 0.840. The van der Waals surface area contributed by atoms with E-state index in [0.717, 1.165) is 24.0 Å². The van der Waals surface area contributed by atoms with E-state index in [0.29, 0.717) is 11.2 Å². The number of hydrogen-bond acceptors (Lipinski definition) is 5. The third-order valence-electron chi connectivity index (χ3n) is 2.60. The highest BCUT2D eigenvalue weighted by molar-refractivity contribution is 7.99. The highest BCUT2D eigenvalue weighted by Gasteiger charge is 2.02. The number of aromatic nitrogens is 3. The third kappa shape index (κ3) is 3.30. The average Bonchev–Trinajstić information content (AvgIpc) is 2.38. The molecular formula is C12H16N4S. The molecule has 1 aromatic carbocycles. The zero-order valence-electron chi connectivity index (χ0n) is 10.1. The monoisotopic (exact) mass is 248 g/mol. The summed E-state index contributed by atoms with van der Waals surface area (Å²) in [6, 6.07) is 7.75. The molecule has 0 aliphatic carbocycles. The predicted octanol–water partition coefficient (Wildman–Crippen LogP) is 2.58. The van der Waals surface area contributed by atoms with Gasteiger partial charge in [-0.1, -0.05) is 19.1 Å². The molecule has 1 atom stereocenters. The SMILES string of the molecule is CSC(C)CCNc1nnc2ccccc2n1. The number of nitrogens with one attached hydrogen (secondary N) is 1. The van der Waals surface area contributed by atoms with Crippen LogP contribution >= 0.6 is 11.8 Å². The molecule has 1 heterocycles. The molecule has 1 aromatic heterocycles. The Bertz CT molecular complexity index is 489. The molecule has 17 heavy (non-hydrogen) atoms. The van der Waals surface area contributed by atoms with Crippen molar-refractivity contribution in [3.63, 3.8) is 0 Å². The topological polar surface area (TPSA) is 50.7 Å². The summed E-state index contributed by atoms with van der Waals surface area (Å²) in [5.74, 6) is 0.608. The van der Waals surface area contributed by atoms with Crippen molar-refractivity contribution in [2.75, 3.05) is 18.1 Å². The van der Waals surface area contributed by atoms with E-state index < -0.39 is 0 Å². The van der Waals surface area contributed by atoms with E-state index in [1.807, 2.05) is 36.0 Å². The molecule has 0 bridgehead atoms. The minimum absolute atomic E-state index is 0.608. The summed E-state index contributed by atoms with van der Waals surface area (Å²) in [7, 11) is 0. The van der Waals surface area contributed by atoms with Crippen molar-refractivity contribution in [1.29, 1.82) is 0 Å². The summed E-state index contributed by atoms with van der Waals surface area (Å²) in [6.07, 6.45) is 3.22. The molecule has 90 valence electrons. The Hall–Kier alpha value is -1.36. The summed E-state index contributed by atoms with van der Waals surface area (Å²) < 4.78 is 0. The van der Waals surface area contributed by atoms with Crippen LogP contribution in [-0.2, 0) is 0 Å². The first-order valence-electron chi connectivity index (χ1n) is 5.65. The van der Waals surface area contributed by atoms with E-state index in [1.54, 1.807) is 0 Å². The lowest BCUT2D eigenvalue weighted by Crippen LogP contribution is -2.10. The number of anilines is 1. The maximum Gasteiger partial charge on any atom is 0.243 e. The van der Waals surface area contributed by atoms with Gasteiger partial charge in [-0.25, -0.2) is 4.98 Å². The van der Waals surface area contributed by atoms with Gasteiger partial charge >= 0.3 is 0 Å². The molecule has 0 aliphatic heterocycles. The molecule has 1 unspecified atom stereocenters. The van der Waals surface area contributed by atoms with E-state index in [-0.39, 0.29) is 0 Å². The van der Waals surface area contributed by atoms with E-state index in [9.17, 15) is 0 Å². The normalized spacial score (nSPS) is 12.6. The second-order valence-corrected chi connectivity index (χ2v) is 5.16. The summed E-state index contributed by atoms with van der Waals surface area (Å²) in [4.78, 5) is 4.41. The van der Waals surface area contributed by atoms with E-state index in [4.69, 9.17) is 0 Å². The van der Waals surface area contributed by atoms with Crippen molar-refractivity contribution in [3.05, 3.63) is 24.3 Å².